The smallest absolute Gasteiger partial charge is 0.314 e. The highest BCUT2D eigenvalue weighted by Gasteiger charge is 2.23. The van der Waals surface area contributed by atoms with Crippen LogP contribution in [0.1, 0.15) is 37.2 Å². The van der Waals surface area contributed by atoms with Crippen LogP contribution in [0.3, 0.4) is 0 Å². The van der Waals surface area contributed by atoms with Crippen LogP contribution in [0.4, 0.5) is 0 Å². The fourth-order valence-electron chi connectivity index (χ4n) is 2.49. The van der Waals surface area contributed by atoms with Crippen molar-refractivity contribution in [1.82, 2.24) is 10.3 Å². The molecule has 4 nitrogen and oxygen atoms in total. The molecule has 1 aromatic rings. The minimum atomic E-state index is -0.237. The van der Waals surface area contributed by atoms with Gasteiger partial charge in [-0.3, -0.25) is 9.78 Å². The van der Waals surface area contributed by atoms with Gasteiger partial charge in [-0.1, -0.05) is 12.8 Å². The maximum absolute atomic E-state index is 11.8. The number of carbonyl (C=O) groups excluding carboxylic acids is 1. The normalized spacial score (nSPS) is 17.6. The number of ether oxygens (including phenoxy) is 1. The van der Waals surface area contributed by atoms with Crippen molar-refractivity contribution >= 4 is 5.97 Å². The molecule has 2 rings (SSSR count). The van der Waals surface area contributed by atoms with E-state index in [4.69, 9.17) is 4.74 Å². The van der Waals surface area contributed by atoms with Crippen molar-refractivity contribution in [3.63, 3.8) is 0 Å². The van der Waals surface area contributed by atoms with Crippen molar-refractivity contribution < 1.29 is 9.53 Å². The Balaban J connectivity index is 1.99. The summed E-state index contributed by atoms with van der Waals surface area (Å²) in [6, 6.07) is 4.30. The summed E-state index contributed by atoms with van der Waals surface area (Å²) in [6.07, 6.45) is 8.42. The molecule has 1 N–H and O–H groups in total. The molecule has 98 valence electrons. The average Bonchev–Trinajstić information content (AvgIpc) is 2.93. The second-order valence-corrected chi connectivity index (χ2v) is 4.75. The summed E-state index contributed by atoms with van der Waals surface area (Å²) >= 11 is 0. The van der Waals surface area contributed by atoms with Gasteiger partial charge in [-0.2, -0.15) is 0 Å². The summed E-state index contributed by atoms with van der Waals surface area (Å²) in [7, 11) is 1.44. The summed E-state index contributed by atoms with van der Waals surface area (Å²) in [5.41, 5.74) is 0.961. The molecule has 0 spiro atoms. The van der Waals surface area contributed by atoms with Gasteiger partial charge in [0, 0.05) is 25.0 Å². The van der Waals surface area contributed by atoms with Crippen molar-refractivity contribution in [2.45, 2.75) is 37.6 Å². The average molecular weight is 248 g/mol. The lowest BCUT2D eigenvalue weighted by molar-refractivity contribution is -0.142. The van der Waals surface area contributed by atoms with Crippen LogP contribution < -0.4 is 5.32 Å². The van der Waals surface area contributed by atoms with E-state index >= 15 is 0 Å². The molecule has 1 aromatic heterocycles. The largest absolute Gasteiger partial charge is 0.469 e. The molecule has 0 amide bonds. The Morgan fingerprint density at radius 3 is 2.72 bits per heavy atom. The van der Waals surface area contributed by atoms with Gasteiger partial charge >= 0.3 is 5.97 Å². The van der Waals surface area contributed by atoms with E-state index in [9.17, 15) is 4.79 Å². The van der Waals surface area contributed by atoms with Gasteiger partial charge in [0.1, 0.15) is 0 Å². The summed E-state index contributed by atoms with van der Waals surface area (Å²) in [5.74, 6) is -0.426. The predicted molar refractivity (Wildman–Crippen MR) is 69.3 cm³/mol. The Morgan fingerprint density at radius 2 is 2.11 bits per heavy atom. The van der Waals surface area contributed by atoms with Crippen molar-refractivity contribution in [3.8, 4) is 0 Å². The van der Waals surface area contributed by atoms with Crippen LogP contribution in [-0.2, 0) is 9.53 Å². The summed E-state index contributed by atoms with van der Waals surface area (Å²) in [6.45, 7) is 0.640. The van der Waals surface area contributed by atoms with E-state index in [-0.39, 0.29) is 11.9 Å². The molecule has 0 radical (unpaired) electrons. The standard InChI is InChI=1S/C14H20N2O2/c1-18-14(17)13(11-6-8-15-9-7-11)10-16-12-4-2-3-5-12/h6-9,12-13,16H,2-5,10H2,1H3. The Kier molecular flexibility index (Phi) is 4.70. The van der Waals surface area contributed by atoms with Gasteiger partial charge < -0.3 is 10.1 Å². The van der Waals surface area contributed by atoms with Crippen molar-refractivity contribution in [3.05, 3.63) is 30.1 Å². The second kappa shape index (κ2) is 6.50. The van der Waals surface area contributed by atoms with Crippen LogP contribution in [0, 0.1) is 0 Å². The van der Waals surface area contributed by atoms with Gasteiger partial charge in [0.15, 0.2) is 0 Å². The van der Waals surface area contributed by atoms with Crippen LogP contribution in [0.2, 0.25) is 0 Å². The molecule has 18 heavy (non-hydrogen) atoms. The third-order valence-corrected chi connectivity index (χ3v) is 3.56. The number of hydrogen-bond donors (Lipinski definition) is 1. The molecule has 1 saturated carbocycles. The molecule has 1 fully saturated rings. The lowest BCUT2D eigenvalue weighted by Crippen LogP contribution is -2.33. The summed E-state index contributed by atoms with van der Waals surface area (Å²) in [5, 5.41) is 3.47. The first-order valence-electron chi connectivity index (χ1n) is 6.52. The first-order chi connectivity index (χ1) is 8.81. The zero-order chi connectivity index (χ0) is 12.8. The maximum Gasteiger partial charge on any atom is 0.314 e. The number of methoxy groups -OCH3 is 1. The van der Waals surface area contributed by atoms with E-state index in [1.807, 2.05) is 12.1 Å². The number of aromatic nitrogens is 1. The first kappa shape index (κ1) is 13.0. The minimum Gasteiger partial charge on any atom is -0.469 e. The highest BCUT2D eigenvalue weighted by molar-refractivity contribution is 5.78. The van der Waals surface area contributed by atoms with E-state index in [0.717, 1.165) is 5.56 Å². The summed E-state index contributed by atoms with van der Waals surface area (Å²) < 4.78 is 4.88. The van der Waals surface area contributed by atoms with E-state index in [1.54, 1.807) is 12.4 Å². The Bertz CT molecular complexity index is 375. The third kappa shape index (κ3) is 3.29. The summed E-state index contributed by atoms with van der Waals surface area (Å²) in [4.78, 5) is 15.8. The second-order valence-electron chi connectivity index (χ2n) is 4.75. The lowest BCUT2D eigenvalue weighted by atomic mass is 10.00. The van der Waals surface area contributed by atoms with Gasteiger partial charge in [-0.05, 0) is 30.5 Å². The number of hydrogen-bond acceptors (Lipinski definition) is 4. The van der Waals surface area contributed by atoms with Gasteiger partial charge in [-0.15, -0.1) is 0 Å². The van der Waals surface area contributed by atoms with Gasteiger partial charge in [0.05, 0.1) is 13.0 Å². The molecule has 1 unspecified atom stereocenters. The number of nitrogens with zero attached hydrogens (tertiary/aromatic N) is 1. The molecule has 1 aliphatic rings. The van der Waals surface area contributed by atoms with Crippen LogP contribution >= 0.6 is 0 Å². The zero-order valence-electron chi connectivity index (χ0n) is 10.8. The van der Waals surface area contributed by atoms with Crippen molar-refractivity contribution in [2.75, 3.05) is 13.7 Å². The molecule has 4 heteroatoms. The van der Waals surface area contributed by atoms with E-state index < -0.39 is 0 Å². The van der Waals surface area contributed by atoms with Gasteiger partial charge in [0.25, 0.3) is 0 Å². The SMILES string of the molecule is COC(=O)C(CNC1CCCC1)c1ccncc1. The number of pyridine rings is 1. The Labute approximate surface area is 108 Å². The van der Waals surface area contributed by atoms with E-state index in [2.05, 4.69) is 10.3 Å². The van der Waals surface area contributed by atoms with Crippen LogP contribution in [0.15, 0.2) is 24.5 Å². The molecular formula is C14H20N2O2. The topological polar surface area (TPSA) is 51.2 Å². The molecular weight excluding hydrogens is 228 g/mol. The molecule has 0 bridgehead atoms. The molecule has 1 heterocycles. The first-order valence-corrected chi connectivity index (χ1v) is 6.52. The van der Waals surface area contributed by atoms with Crippen LogP contribution in [-0.4, -0.2) is 30.6 Å². The molecule has 1 atom stereocenters. The number of rotatable bonds is 5. The van der Waals surface area contributed by atoms with Crippen molar-refractivity contribution in [1.29, 1.82) is 0 Å². The fraction of sp³-hybridized carbons (Fsp3) is 0.571. The van der Waals surface area contributed by atoms with Crippen LogP contribution in [0.25, 0.3) is 0 Å². The highest BCUT2D eigenvalue weighted by Crippen LogP contribution is 2.20. The van der Waals surface area contributed by atoms with E-state index in [0.29, 0.717) is 12.6 Å². The number of carbonyl (C=O) groups is 1. The molecule has 0 saturated heterocycles. The lowest BCUT2D eigenvalue weighted by Gasteiger charge is -2.18. The third-order valence-electron chi connectivity index (χ3n) is 3.56. The fourth-order valence-corrected chi connectivity index (χ4v) is 2.49. The quantitative estimate of drug-likeness (QED) is 0.808. The minimum absolute atomic E-state index is 0.188. The number of nitrogens with one attached hydrogen (secondary N) is 1. The molecule has 0 aromatic carbocycles. The molecule has 0 aliphatic heterocycles. The monoisotopic (exact) mass is 248 g/mol. The van der Waals surface area contributed by atoms with E-state index in [1.165, 1.54) is 32.8 Å². The zero-order valence-corrected chi connectivity index (χ0v) is 10.8. The van der Waals surface area contributed by atoms with Crippen LogP contribution in [0.5, 0.6) is 0 Å². The van der Waals surface area contributed by atoms with Crippen molar-refractivity contribution in [2.24, 2.45) is 0 Å². The van der Waals surface area contributed by atoms with Gasteiger partial charge in [0.2, 0.25) is 0 Å². The predicted octanol–water partition coefficient (Wildman–Crippen LogP) is 1.87. The Hall–Kier alpha value is -1.42. The Morgan fingerprint density at radius 1 is 1.44 bits per heavy atom. The number of esters is 1. The molecule has 1 aliphatic carbocycles. The highest BCUT2D eigenvalue weighted by atomic mass is 16.5. The van der Waals surface area contributed by atoms with Gasteiger partial charge in [-0.25, -0.2) is 0 Å². The maximum atomic E-state index is 11.8.